The van der Waals surface area contributed by atoms with Crippen LogP contribution in [0.5, 0.6) is 0 Å². The van der Waals surface area contributed by atoms with Crippen molar-refractivity contribution in [1.29, 1.82) is 0 Å². The average molecular weight is 297 g/mol. The Hall–Kier alpha value is -1.50. The van der Waals surface area contributed by atoms with Gasteiger partial charge in [-0.3, -0.25) is 4.52 Å². The molecule has 1 aliphatic rings. The van der Waals surface area contributed by atoms with E-state index in [2.05, 4.69) is 9.68 Å². The number of nitrogens with zero attached hydrogens (tertiary/aromatic N) is 2. The molecule has 7 heteroatoms. The van der Waals surface area contributed by atoms with Crippen molar-refractivity contribution in [2.75, 3.05) is 0 Å². The number of allylic oxidation sites excluding steroid dienone is 1. The summed E-state index contributed by atoms with van der Waals surface area (Å²) in [4.78, 5) is 10.1. The summed E-state index contributed by atoms with van der Waals surface area (Å²) < 4.78 is 5.90. The summed E-state index contributed by atoms with van der Waals surface area (Å²) in [6.45, 7) is 1.75. The molecular formula is C12H9ClN2O3S. The van der Waals surface area contributed by atoms with Crippen molar-refractivity contribution in [2.45, 2.75) is 11.9 Å². The molecule has 19 heavy (non-hydrogen) atoms. The second-order valence-corrected chi connectivity index (χ2v) is 5.63. The smallest absolute Gasteiger partial charge is 0.368 e. The highest BCUT2D eigenvalue weighted by atomic mass is 35.5. The molecule has 2 heterocycles. The molecule has 0 bridgehead atoms. The van der Waals surface area contributed by atoms with Crippen molar-refractivity contribution in [3.8, 4) is 0 Å². The van der Waals surface area contributed by atoms with Crippen LogP contribution in [0, 0.1) is 0 Å². The number of halogens is 1. The molecule has 0 fully saturated rings. The van der Waals surface area contributed by atoms with Crippen molar-refractivity contribution in [3.63, 3.8) is 0 Å². The molecule has 1 N–H and O–H groups in total. The lowest BCUT2D eigenvalue weighted by molar-refractivity contribution is 0.165. The van der Waals surface area contributed by atoms with E-state index >= 15 is 0 Å². The second kappa shape index (κ2) is 4.26. The first kappa shape index (κ1) is 12.5. The Balaban J connectivity index is 2.21. The monoisotopic (exact) mass is 296 g/mol. The Morgan fingerprint density at radius 3 is 2.79 bits per heavy atom. The lowest BCUT2D eigenvalue weighted by atomic mass is 10.1. The Morgan fingerprint density at radius 1 is 1.42 bits per heavy atom. The van der Waals surface area contributed by atoms with Crippen LogP contribution >= 0.6 is 23.4 Å². The van der Waals surface area contributed by atoms with E-state index in [-0.39, 0.29) is 5.82 Å². The highest BCUT2D eigenvalue weighted by molar-refractivity contribution is 8.03. The van der Waals surface area contributed by atoms with Gasteiger partial charge >= 0.3 is 5.76 Å². The molecule has 1 atom stereocenters. The van der Waals surface area contributed by atoms with Crippen molar-refractivity contribution >= 4 is 29.1 Å². The van der Waals surface area contributed by atoms with Gasteiger partial charge in [0.25, 0.3) is 0 Å². The summed E-state index contributed by atoms with van der Waals surface area (Å²) in [7, 11) is 0. The molecule has 0 saturated carbocycles. The first-order valence-corrected chi connectivity index (χ1v) is 6.71. The Kier molecular flexibility index (Phi) is 2.81. The van der Waals surface area contributed by atoms with Crippen LogP contribution in [-0.2, 0) is 4.93 Å². The van der Waals surface area contributed by atoms with Crippen LogP contribution in [0.15, 0.2) is 39.0 Å². The van der Waals surface area contributed by atoms with Gasteiger partial charge in [-0.25, -0.2) is 9.36 Å². The van der Waals surface area contributed by atoms with Gasteiger partial charge in [0.2, 0.25) is 10.8 Å². The lowest BCUT2D eigenvalue weighted by Gasteiger charge is -2.28. The maximum atomic E-state index is 11.6. The maximum Gasteiger partial charge on any atom is 0.446 e. The Morgan fingerprint density at radius 2 is 2.11 bits per heavy atom. The normalized spacial score (nSPS) is 21.9. The minimum Gasteiger partial charge on any atom is -0.368 e. The standard InChI is InChI=1S/C12H9ClN2O3S/c1-7-6-19-12(17,8-2-4-9(13)5-3-8)10-14-18-11(16)15(7)10/h2-6,17H,1H3/t12-/m0/s1. The van der Waals surface area contributed by atoms with Gasteiger partial charge in [-0.2, -0.15) is 0 Å². The molecule has 0 saturated heterocycles. The number of aliphatic hydroxyl groups is 1. The van der Waals surface area contributed by atoms with Crippen LogP contribution in [-0.4, -0.2) is 14.8 Å². The van der Waals surface area contributed by atoms with Crippen LogP contribution in [0.25, 0.3) is 5.70 Å². The van der Waals surface area contributed by atoms with Gasteiger partial charge in [-0.15, -0.1) is 0 Å². The van der Waals surface area contributed by atoms with E-state index in [4.69, 9.17) is 11.6 Å². The van der Waals surface area contributed by atoms with E-state index in [1.165, 1.54) is 4.57 Å². The number of benzene rings is 1. The molecule has 5 nitrogen and oxygen atoms in total. The fourth-order valence-electron chi connectivity index (χ4n) is 1.92. The Labute approximate surface area is 117 Å². The fourth-order valence-corrected chi connectivity index (χ4v) is 3.00. The summed E-state index contributed by atoms with van der Waals surface area (Å²) >= 11 is 6.99. The molecular weight excluding hydrogens is 288 g/mol. The van der Waals surface area contributed by atoms with Crippen molar-refractivity contribution in [3.05, 3.63) is 56.6 Å². The predicted molar refractivity (Wildman–Crippen MR) is 72.8 cm³/mol. The van der Waals surface area contributed by atoms with E-state index in [0.717, 1.165) is 11.8 Å². The summed E-state index contributed by atoms with van der Waals surface area (Å²) in [5.74, 6) is -0.457. The summed E-state index contributed by atoms with van der Waals surface area (Å²) in [6.07, 6.45) is 0. The molecule has 0 aliphatic carbocycles. The average Bonchev–Trinajstić information content (AvgIpc) is 2.79. The van der Waals surface area contributed by atoms with Crippen LogP contribution < -0.4 is 5.76 Å². The zero-order valence-electron chi connectivity index (χ0n) is 9.83. The number of hydrogen-bond donors (Lipinski definition) is 1. The number of thioether (sulfide) groups is 1. The van der Waals surface area contributed by atoms with Gasteiger partial charge in [-0.1, -0.05) is 40.7 Å². The summed E-state index contributed by atoms with van der Waals surface area (Å²) in [5.41, 5.74) is 1.23. The second-order valence-electron chi connectivity index (χ2n) is 4.14. The third-order valence-electron chi connectivity index (χ3n) is 2.90. The highest BCUT2D eigenvalue weighted by Crippen LogP contribution is 2.44. The molecule has 1 aromatic carbocycles. The maximum absolute atomic E-state index is 11.6. The number of rotatable bonds is 1. The zero-order chi connectivity index (χ0) is 13.6. The third kappa shape index (κ3) is 1.83. The molecule has 0 amide bonds. The van der Waals surface area contributed by atoms with Crippen molar-refractivity contribution in [1.82, 2.24) is 9.72 Å². The molecule has 1 aromatic heterocycles. The molecule has 0 radical (unpaired) electrons. The van der Waals surface area contributed by atoms with Gasteiger partial charge in [0.15, 0.2) is 0 Å². The van der Waals surface area contributed by atoms with E-state index < -0.39 is 10.7 Å². The predicted octanol–water partition coefficient (Wildman–Crippen LogP) is 2.25. The summed E-state index contributed by atoms with van der Waals surface area (Å²) in [6, 6.07) is 6.72. The lowest BCUT2D eigenvalue weighted by Crippen LogP contribution is -2.32. The SMILES string of the molecule is CC1=CS[C@@](O)(c2ccc(Cl)cc2)c2noc(=O)n21. The molecule has 1 aliphatic heterocycles. The van der Waals surface area contributed by atoms with E-state index in [9.17, 15) is 9.90 Å². The van der Waals surface area contributed by atoms with Crippen LogP contribution in [0.3, 0.4) is 0 Å². The molecule has 0 unspecified atom stereocenters. The largest absolute Gasteiger partial charge is 0.446 e. The van der Waals surface area contributed by atoms with E-state index in [1.54, 1.807) is 36.6 Å². The van der Waals surface area contributed by atoms with Gasteiger partial charge in [0, 0.05) is 16.3 Å². The van der Waals surface area contributed by atoms with Gasteiger partial charge in [0.1, 0.15) is 0 Å². The van der Waals surface area contributed by atoms with Crippen molar-refractivity contribution in [2.24, 2.45) is 0 Å². The molecule has 3 rings (SSSR count). The van der Waals surface area contributed by atoms with Crippen molar-refractivity contribution < 1.29 is 9.63 Å². The van der Waals surface area contributed by atoms with Gasteiger partial charge < -0.3 is 5.11 Å². The molecule has 0 spiro atoms. The minimum absolute atomic E-state index is 0.157. The quantitative estimate of drug-likeness (QED) is 0.874. The fraction of sp³-hybridized carbons (Fsp3) is 0.167. The zero-order valence-corrected chi connectivity index (χ0v) is 11.4. The number of hydrogen-bond acceptors (Lipinski definition) is 5. The Bertz CT molecular complexity index is 719. The van der Waals surface area contributed by atoms with Crippen LogP contribution in [0.2, 0.25) is 5.02 Å². The first-order valence-electron chi connectivity index (χ1n) is 5.45. The van der Waals surface area contributed by atoms with Crippen LogP contribution in [0.1, 0.15) is 18.3 Å². The molecule has 98 valence electrons. The minimum atomic E-state index is -1.46. The van der Waals surface area contributed by atoms with Gasteiger partial charge in [0.05, 0.1) is 0 Å². The summed E-state index contributed by atoms with van der Waals surface area (Å²) in [5, 5.41) is 16.8. The van der Waals surface area contributed by atoms with Gasteiger partial charge in [-0.05, 0) is 24.5 Å². The van der Waals surface area contributed by atoms with E-state index in [1.807, 2.05) is 0 Å². The highest BCUT2D eigenvalue weighted by Gasteiger charge is 2.41. The van der Waals surface area contributed by atoms with Crippen LogP contribution in [0.4, 0.5) is 0 Å². The number of aromatic nitrogens is 2. The number of fused-ring (bicyclic) bond motifs is 1. The third-order valence-corrected chi connectivity index (χ3v) is 4.37. The topological polar surface area (TPSA) is 68.3 Å². The first-order chi connectivity index (χ1) is 9.02. The van der Waals surface area contributed by atoms with E-state index in [0.29, 0.717) is 16.3 Å². The molecule has 2 aromatic rings.